The molecule has 0 heterocycles. The van der Waals surface area contributed by atoms with Crippen LogP contribution in [0.5, 0.6) is 0 Å². The summed E-state index contributed by atoms with van der Waals surface area (Å²) in [6, 6.07) is 0. The van der Waals surface area contributed by atoms with Crippen LogP contribution in [0.4, 0.5) is 0 Å². The molecule has 0 aromatic heterocycles. The maximum absolute atomic E-state index is 10.4. The standard InChI is InChI=1S/C4H10O4S.C3H6N2O2/c1-3-7-9(5,6)8-4-2;4-2(6)1-3(5)7/h3-4H2,1-2H3;1H2,(H2,4,6)(H2,5,7). The molecule has 0 fully saturated rings. The van der Waals surface area contributed by atoms with Crippen LogP contribution < -0.4 is 11.5 Å². The summed E-state index contributed by atoms with van der Waals surface area (Å²) in [5, 5.41) is 0. The highest BCUT2D eigenvalue weighted by Gasteiger charge is 2.06. The Balaban J connectivity index is 0. The van der Waals surface area contributed by atoms with Gasteiger partial charge < -0.3 is 11.5 Å². The topological polar surface area (TPSA) is 139 Å². The zero-order valence-corrected chi connectivity index (χ0v) is 9.95. The van der Waals surface area contributed by atoms with Gasteiger partial charge in [-0.2, -0.15) is 8.42 Å². The number of primary amides is 2. The van der Waals surface area contributed by atoms with Crippen molar-refractivity contribution in [1.82, 2.24) is 0 Å². The van der Waals surface area contributed by atoms with E-state index >= 15 is 0 Å². The van der Waals surface area contributed by atoms with Gasteiger partial charge in [0.1, 0.15) is 6.42 Å². The highest BCUT2D eigenvalue weighted by atomic mass is 32.3. The van der Waals surface area contributed by atoms with E-state index in [0.29, 0.717) is 0 Å². The van der Waals surface area contributed by atoms with Gasteiger partial charge in [0.25, 0.3) is 0 Å². The highest BCUT2D eigenvalue weighted by molar-refractivity contribution is 7.81. The van der Waals surface area contributed by atoms with E-state index < -0.39 is 22.2 Å². The molecule has 0 radical (unpaired) electrons. The van der Waals surface area contributed by atoms with Gasteiger partial charge >= 0.3 is 10.4 Å². The van der Waals surface area contributed by atoms with Gasteiger partial charge in [-0.15, -0.1) is 0 Å². The smallest absolute Gasteiger partial charge is 0.369 e. The molecule has 0 aliphatic heterocycles. The lowest BCUT2D eigenvalue weighted by Gasteiger charge is -1.99. The number of carbonyl (C=O) groups is 2. The Labute approximate surface area is 94.2 Å². The average Bonchev–Trinajstić information content (AvgIpc) is 2.01. The first kappa shape index (κ1) is 17.2. The Morgan fingerprint density at radius 3 is 1.44 bits per heavy atom. The number of hydrogen-bond acceptors (Lipinski definition) is 6. The minimum Gasteiger partial charge on any atom is -0.369 e. The third-order valence-corrected chi connectivity index (χ3v) is 1.92. The van der Waals surface area contributed by atoms with Crippen LogP contribution in [-0.4, -0.2) is 33.4 Å². The average molecular weight is 256 g/mol. The number of carbonyl (C=O) groups excluding carboxylic acids is 2. The van der Waals surface area contributed by atoms with Crippen LogP contribution in [0.3, 0.4) is 0 Å². The van der Waals surface area contributed by atoms with Crippen LogP contribution in [0.25, 0.3) is 0 Å². The fourth-order valence-corrected chi connectivity index (χ4v) is 1.14. The van der Waals surface area contributed by atoms with E-state index in [-0.39, 0.29) is 19.6 Å². The molecule has 16 heavy (non-hydrogen) atoms. The van der Waals surface area contributed by atoms with Crippen LogP contribution in [0.1, 0.15) is 20.3 Å². The van der Waals surface area contributed by atoms with Gasteiger partial charge in [-0.3, -0.25) is 9.59 Å². The second kappa shape index (κ2) is 9.07. The first-order chi connectivity index (χ1) is 7.25. The number of amides is 2. The predicted molar refractivity (Wildman–Crippen MR) is 55.2 cm³/mol. The molecule has 0 rings (SSSR count). The minimum atomic E-state index is -3.68. The van der Waals surface area contributed by atoms with Crippen molar-refractivity contribution < 1.29 is 26.4 Å². The molecule has 0 bridgehead atoms. The summed E-state index contributed by atoms with van der Waals surface area (Å²) in [4.78, 5) is 19.5. The van der Waals surface area contributed by atoms with Crippen molar-refractivity contribution in [3.05, 3.63) is 0 Å². The molecule has 0 aliphatic carbocycles. The van der Waals surface area contributed by atoms with E-state index in [1.54, 1.807) is 13.8 Å². The molecule has 96 valence electrons. The third kappa shape index (κ3) is 15.3. The fourth-order valence-electron chi connectivity index (χ4n) is 0.494. The van der Waals surface area contributed by atoms with Gasteiger partial charge in [0.05, 0.1) is 13.2 Å². The lowest BCUT2D eigenvalue weighted by Crippen LogP contribution is -2.21. The summed E-state index contributed by atoms with van der Waals surface area (Å²) >= 11 is 0. The monoisotopic (exact) mass is 256 g/mol. The summed E-state index contributed by atoms with van der Waals surface area (Å²) < 4.78 is 29.2. The SMILES string of the molecule is CCOS(=O)(=O)OCC.NC(=O)CC(N)=O. The lowest BCUT2D eigenvalue weighted by atomic mass is 10.4. The Morgan fingerprint density at radius 1 is 1.00 bits per heavy atom. The molecule has 8 nitrogen and oxygen atoms in total. The first-order valence-electron chi connectivity index (χ1n) is 4.35. The molecule has 0 saturated heterocycles. The summed E-state index contributed by atoms with van der Waals surface area (Å²) in [6.45, 7) is 3.39. The molecule has 0 atom stereocenters. The number of hydrogen-bond donors (Lipinski definition) is 2. The van der Waals surface area contributed by atoms with Gasteiger partial charge in [-0.1, -0.05) is 0 Å². The van der Waals surface area contributed by atoms with Crippen LogP contribution in [0, 0.1) is 0 Å². The fraction of sp³-hybridized carbons (Fsp3) is 0.714. The van der Waals surface area contributed by atoms with Gasteiger partial charge in [0.2, 0.25) is 11.8 Å². The Morgan fingerprint density at radius 2 is 1.31 bits per heavy atom. The Kier molecular flexibility index (Phi) is 9.75. The van der Waals surface area contributed by atoms with E-state index in [2.05, 4.69) is 19.8 Å². The Bertz CT molecular complexity index is 289. The van der Waals surface area contributed by atoms with Crippen LogP contribution in [-0.2, 0) is 28.4 Å². The summed E-state index contributed by atoms with van der Waals surface area (Å²) in [5.41, 5.74) is 9.11. The van der Waals surface area contributed by atoms with E-state index in [9.17, 15) is 18.0 Å². The summed E-state index contributed by atoms with van der Waals surface area (Å²) in [7, 11) is -3.68. The van der Waals surface area contributed by atoms with E-state index in [0.717, 1.165) is 0 Å². The maximum atomic E-state index is 10.4. The predicted octanol–water partition coefficient (Wildman–Crippen LogP) is -1.35. The third-order valence-electron chi connectivity index (χ3n) is 0.873. The molecule has 0 spiro atoms. The van der Waals surface area contributed by atoms with Crippen molar-refractivity contribution in [1.29, 1.82) is 0 Å². The van der Waals surface area contributed by atoms with Crippen molar-refractivity contribution in [3.8, 4) is 0 Å². The number of rotatable bonds is 6. The molecule has 0 unspecified atom stereocenters. The maximum Gasteiger partial charge on any atom is 0.399 e. The van der Waals surface area contributed by atoms with E-state index in [4.69, 9.17) is 0 Å². The Hall–Kier alpha value is -1.19. The number of nitrogens with two attached hydrogens (primary N) is 2. The van der Waals surface area contributed by atoms with Gasteiger partial charge in [-0.05, 0) is 13.8 Å². The second-order valence-electron chi connectivity index (χ2n) is 2.33. The molecule has 4 N–H and O–H groups in total. The van der Waals surface area contributed by atoms with Crippen LogP contribution in [0.15, 0.2) is 0 Å². The van der Waals surface area contributed by atoms with Crippen LogP contribution in [0.2, 0.25) is 0 Å². The van der Waals surface area contributed by atoms with Crippen LogP contribution >= 0.6 is 0 Å². The quantitative estimate of drug-likeness (QED) is 0.563. The zero-order valence-electron chi connectivity index (χ0n) is 9.13. The van der Waals surface area contributed by atoms with Crippen molar-refractivity contribution in [2.24, 2.45) is 11.5 Å². The normalized spacial score (nSPS) is 10.1. The van der Waals surface area contributed by atoms with E-state index in [1.165, 1.54) is 0 Å². The molecule has 0 aromatic carbocycles. The minimum absolute atomic E-state index is 0.113. The largest absolute Gasteiger partial charge is 0.399 e. The van der Waals surface area contributed by atoms with Crippen molar-refractivity contribution >= 4 is 22.2 Å². The van der Waals surface area contributed by atoms with Crippen molar-refractivity contribution in [3.63, 3.8) is 0 Å². The van der Waals surface area contributed by atoms with Crippen molar-refractivity contribution in [2.75, 3.05) is 13.2 Å². The second-order valence-corrected chi connectivity index (χ2v) is 3.62. The molecule has 0 saturated carbocycles. The summed E-state index contributed by atoms with van der Waals surface area (Å²) in [5.74, 6) is -1.37. The molecule has 9 heteroatoms. The first-order valence-corrected chi connectivity index (χ1v) is 5.68. The van der Waals surface area contributed by atoms with Gasteiger partial charge in [0, 0.05) is 0 Å². The highest BCUT2D eigenvalue weighted by Crippen LogP contribution is 1.93. The van der Waals surface area contributed by atoms with E-state index in [1.807, 2.05) is 0 Å². The zero-order chi connectivity index (χ0) is 13.2. The lowest BCUT2D eigenvalue weighted by molar-refractivity contribution is -0.125. The molecule has 0 aromatic rings. The van der Waals surface area contributed by atoms with Crippen molar-refractivity contribution in [2.45, 2.75) is 20.3 Å². The molecular formula is C7H16N2O6S. The van der Waals surface area contributed by atoms with Gasteiger partial charge in [-0.25, -0.2) is 8.37 Å². The molecular weight excluding hydrogens is 240 g/mol. The van der Waals surface area contributed by atoms with Gasteiger partial charge in [0.15, 0.2) is 0 Å². The molecule has 0 aliphatic rings. The molecule has 2 amide bonds. The summed E-state index contributed by atoms with van der Waals surface area (Å²) in [6.07, 6.45) is -0.361.